The molecule has 1 aliphatic heterocycles. The van der Waals surface area contributed by atoms with Gasteiger partial charge in [-0.25, -0.2) is 8.42 Å². The molecule has 2 aliphatic rings. The highest BCUT2D eigenvalue weighted by Crippen LogP contribution is 2.37. The maximum absolute atomic E-state index is 12.2. The molecular weight excluding hydrogens is 280 g/mol. The van der Waals surface area contributed by atoms with E-state index in [1.165, 1.54) is 4.31 Å². The summed E-state index contributed by atoms with van der Waals surface area (Å²) in [4.78, 5) is 11.6. The Morgan fingerprint density at radius 3 is 2.30 bits per heavy atom. The van der Waals surface area contributed by atoms with Gasteiger partial charge in [0.25, 0.3) is 0 Å². The summed E-state index contributed by atoms with van der Waals surface area (Å²) in [5.41, 5.74) is 0. The van der Waals surface area contributed by atoms with E-state index in [1.807, 2.05) is 20.8 Å². The monoisotopic (exact) mass is 304 g/mol. The number of nitrogens with zero attached hydrogens (tertiary/aromatic N) is 1. The largest absolute Gasteiger partial charge is 0.373 e. The molecule has 116 valence electrons. The molecule has 0 spiro atoms. The smallest absolute Gasteiger partial charge is 0.223 e. The highest BCUT2D eigenvalue weighted by Gasteiger charge is 2.39. The summed E-state index contributed by atoms with van der Waals surface area (Å²) in [6.45, 7) is 6.73. The molecule has 0 aromatic heterocycles. The maximum Gasteiger partial charge on any atom is 0.223 e. The summed E-state index contributed by atoms with van der Waals surface area (Å²) < 4.78 is 31.5. The molecule has 0 aromatic carbocycles. The quantitative estimate of drug-likeness (QED) is 0.787. The van der Waals surface area contributed by atoms with Crippen molar-refractivity contribution in [3.63, 3.8) is 0 Å². The van der Waals surface area contributed by atoms with Gasteiger partial charge in [-0.3, -0.25) is 4.79 Å². The van der Waals surface area contributed by atoms with Gasteiger partial charge in [-0.05, 0) is 26.2 Å². The van der Waals surface area contributed by atoms with Gasteiger partial charge in [0.1, 0.15) is 0 Å². The number of carbonyl (C=O) groups excluding carboxylic acids is 1. The van der Waals surface area contributed by atoms with Crippen molar-refractivity contribution in [1.29, 1.82) is 0 Å². The predicted octanol–water partition coefficient (Wildman–Crippen LogP) is 0.198. The lowest BCUT2D eigenvalue weighted by molar-refractivity contribution is -0.122. The fourth-order valence-corrected chi connectivity index (χ4v) is 4.10. The van der Waals surface area contributed by atoms with Crippen LogP contribution in [0.15, 0.2) is 0 Å². The molecule has 0 bridgehead atoms. The Morgan fingerprint density at radius 2 is 1.80 bits per heavy atom. The van der Waals surface area contributed by atoms with Crippen molar-refractivity contribution in [3.8, 4) is 0 Å². The van der Waals surface area contributed by atoms with Crippen LogP contribution in [0, 0.1) is 11.8 Å². The van der Waals surface area contributed by atoms with E-state index < -0.39 is 10.0 Å². The molecule has 0 radical (unpaired) electrons. The van der Waals surface area contributed by atoms with Crippen molar-refractivity contribution in [1.82, 2.24) is 9.62 Å². The maximum atomic E-state index is 12.2. The van der Waals surface area contributed by atoms with E-state index >= 15 is 0 Å². The zero-order valence-electron chi connectivity index (χ0n) is 12.3. The van der Waals surface area contributed by atoms with E-state index in [9.17, 15) is 13.2 Å². The molecule has 1 saturated heterocycles. The first-order chi connectivity index (χ1) is 9.29. The van der Waals surface area contributed by atoms with Crippen molar-refractivity contribution in [2.24, 2.45) is 11.8 Å². The lowest BCUT2D eigenvalue weighted by atomic mass is 10.3. The molecule has 0 unspecified atom stereocenters. The molecule has 1 aliphatic carbocycles. The number of morpholine rings is 1. The average molecular weight is 304 g/mol. The molecule has 1 N–H and O–H groups in total. The fraction of sp³-hybridized carbons (Fsp3) is 0.923. The van der Waals surface area contributed by atoms with Gasteiger partial charge in [-0.2, -0.15) is 4.31 Å². The fourth-order valence-electron chi connectivity index (χ4n) is 2.61. The van der Waals surface area contributed by atoms with Gasteiger partial charge in [0.2, 0.25) is 15.9 Å². The van der Waals surface area contributed by atoms with Crippen molar-refractivity contribution in [2.45, 2.75) is 39.4 Å². The third-order valence-corrected chi connectivity index (χ3v) is 5.69. The highest BCUT2D eigenvalue weighted by molar-refractivity contribution is 7.89. The van der Waals surface area contributed by atoms with Crippen molar-refractivity contribution in [3.05, 3.63) is 0 Å². The number of rotatable bonds is 5. The van der Waals surface area contributed by atoms with Crippen LogP contribution in [-0.4, -0.2) is 56.2 Å². The third-order valence-electron chi connectivity index (χ3n) is 3.88. The van der Waals surface area contributed by atoms with E-state index in [-0.39, 0.29) is 36.3 Å². The average Bonchev–Trinajstić information content (AvgIpc) is 3.05. The summed E-state index contributed by atoms with van der Waals surface area (Å²) in [6, 6.07) is 0. The number of hydrogen-bond donors (Lipinski definition) is 1. The van der Waals surface area contributed by atoms with Gasteiger partial charge in [0, 0.05) is 25.6 Å². The molecule has 2 fully saturated rings. The van der Waals surface area contributed by atoms with Gasteiger partial charge >= 0.3 is 0 Å². The predicted molar refractivity (Wildman–Crippen MR) is 75.6 cm³/mol. The van der Waals surface area contributed by atoms with Crippen molar-refractivity contribution >= 4 is 15.9 Å². The summed E-state index contributed by atoms with van der Waals surface area (Å²) >= 11 is 0. The van der Waals surface area contributed by atoms with E-state index in [4.69, 9.17) is 4.74 Å². The van der Waals surface area contributed by atoms with E-state index in [2.05, 4.69) is 5.32 Å². The summed E-state index contributed by atoms with van der Waals surface area (Å²) in [7, 11) is -3.33. The van der Waals surface area contributed by atoms with Crippen LogP contribution in [0.1, 0.15) is 27.2 Å². The van der Waals surface area contributed by atoms with E-state index in [0.29, 0.717) is 19.0 Å². The molecule has 7 heteroatoms. The van der Waals surface area contributed by atoms with Crippen molar-refractivity contribution < 1.29 is 17.9 Å². The zero-order valence-corrected chi connectivity index (χ0v) is 13.1. The molecule has 1 saturated carbocycles. The second-order valence-corrected chi connectivity index (χ2v) is 8.09. The second-order valence-electron chi connectivity index (χ2n) is 6.00. The van der Waals surface area contributed by atoms with Crippen LogP contribution in [0.4, 0.5) is 0 Å². The molecule has 1 amide bonds. The van der Waals surface area contributed by atoms with Crippen LogP contribution in [0.5, 0.6) is 0 Å². The molecular formula is C13H24N2O4S. The SMILES string of the molecule is C[C@@H]1CN(S(=O)(=O)CCNC(=O)[C@@H]2C[C@H]2C)C[C@@H](C)O1. The van der Waals surface area contributed by atoms with Gasteiger partial charge in [-0.15, -0.1) is 0 Å². The van der Waals surface area contributed by atoms with Gasteiger partial charge in [0.05, 0.1) is 18.0 Å². The van der Waals surface area contributed by atoms with Crippen LogP contribution in [-0.2, 0) is 19.6 Å². The van der Waals surface area contributed by atoms with E-state index in [1.54, 1.807) is 0 Å². The summed E-state index contributed by atoms with van der Waals surface area (Å²) in [5, 5.41) is 2.72. The van der Waals surface area contributed by atoms with E-state index in [0.717, 1.165) is 6.42 Å². The number of hydrogen-bond acceptors (Lipinski definition) is 4. The van der Waals surface area contributed by atoms with Crippen LogP contribution in [0.25, 0.3) is 0 Å². The molecule has 0 aromatic rings. The topological polar surface area (TPSA) is 75.7 Å². The lowest BCUT2D eigenvalue weighted by Gasteiger charge is -2.34. The molecule has 20 heavy (non-hydrogen) atoms. The Bertz CT molecular complexity index is 455. The molecule has 1 heterocycles. The number of ether oxygens (including phenoxy) is 1. The molecule has 6 nitrogen and oxygen atoms in total. The standard InChI is InChI=1S/C13H24N2O4S/c1-9-6-12(9)13(16)14-4-5-20(17,18)15-7-10(2)19-11(3)8-15/h9-12H,4-8H2,1-3H3,(H,14,16)/t9-,10-,11-,12-/m1/s1. The Balaban J connectivity index is 1.80. The van der Waals surface area contributed by atoms with Crippen LogP contribution < -0.4 is 5.32 Å². The zero-order chi connectivity index (χ0) is 14.9. The highest BCUT2D eigenvalue weighted by atomic mass is 32.2. The second kappa shape index (κ2) is 5.99. The lowest BCUT2D eigenvalue weighted by Crippen LogP contribution is -2.49. The number of sulfonamides is 1. The Morgan fingerprint density at radius 1 is 1.25 bits per heavy atom. The van der Waals surface area contributed by atoms with Crippen LogP contribution in [0.2, 0.25) is 0 Å². The summed E-state index contributed by atoms with van der Waals surface area (Å²) in [5.74, 6) is 0.462. The van der Waals surface area contributed by atoms with Gasteiger partial charge in [-0.1, -0.05) is 6.92 Å². The number of amides is 1. The molecule has 2 rings (SSSR count). The first-order valence-electron chi connectivity index (χ1n) is 7.20. The first kappa shape index (κ1) is 15.7. The minimum Gasteiger partial charge on any atom is -0.373 e. The Labute approximate surface area is 120 Å². The first-order valence-corrected chi connectivity index (χ1v) is 8.81. The molecule has 4 atom stereocenters. The van der Waals surface area contributed by atoms with Gasteiger partial charge < -0.3 is 10.1 Å². The minimum absolute atomic E-state index is 0.0172. The van der Waals surface area contributed by atoms with Crippen molar-refractivity contribution in [2.75, 3.05) is 25.4 Å². The Kier molecular flexibility index (Phi) is 4.71. The summed E-state index contributed by atoms with van der Waals surface area (Å²) in [6.07, 6.45) is 0.739. The minimum atomic E-state index is -3.33. The normalized spacial score (nSPS) is 34.8. The third kappa shape index (κ3) is 3.93. The number of nitrogens with one attached hydrogen (secondary N) is 1. The Hall–Kier alpha value is -0.660. The van der Waals surface area contributed by atoms with Crippen LogP contribution in [0.3, 0.4) is 0 Å². The van der Waals surface area contributed by atoms with Gasteiger partial charge in [0.15, 0.2) is 0 Å². The number of carbonyl (C=O) groups is 1. The van der Waals surface area contributed by atoms with Crippen LogP contribution >= 0.6 is 0 Å².